The number of amides is 1. The highest BCUT2D eigenvalue weighted by atomic mass is 79.9. The molecule has 1 aromatic heterocycles. The van der Waals surface area contributed by atoms with Gasteiger partial charge in [-0.15, -0.1) is 5.10 Å². The van der Waals surface area contributed by atoms with Crippen LogP contribution in [-0.2, 0) is 0 Å². The van der Waals surface area contributed by atoms with E-state index in [1.54, 1.807) is 29.1 Å². The lowest BCUT2D eigenvalue weighted by molar-refractivity contribution is 0.102. The van der Waals surface area contributed by atoms with Crippen LogP contribution in [0.25, 0.3) is 0 Å². The lowest BCUT2D eigenvalue weighted by Crippen LogP contribution is -2.43. The second-order valence-electron chi connectivity index (χ2n) is 4.48. The molecule has 2 N–H and O–H groups in total. The SMILES string of the molecule is O=C(Nc1ccc(Br)c(Cl)c1)c1cn(C2CNC2)nn1. The molecule has 1 amide bonds. The van der Waals surface area contributed by atoms with Crippen LogP contribution in [0.4, 0.5) is 5.69 Å². The zero-order chi connectivity index (χ0) is 14.1. The van der Waals surface area contributed by atoms with Crippen molar-refractivity contribution >= 4 is 39.1 Å². The van der Waals surface area contributed by atoms with Crippen molar-refractivity contribution < 1.29 is 4.79 Å². The number of halogens is 2. The van der Waals surface area contributed by atoms with Crippen molar-refractivity contribution in [2.75, 3.05) is 18.4 Å². The lowest BCUT2D eigenvalue weighted by atomic mass is 10.2. The van der Waals surface area contributed by atoms with Crippen LogP contribution < -0.4 is 10.6 Å². The Hall–Kier alpha value is -1.44. The number of anilines is 1. The smallest absolute Gasteiger partial charge is 0.277 e. The fraction of sp³-hybridized carbons (Fsp3) is 0.250. The molecule has 0 unspecified atom stereocenters. The average Bonchev–Trinajstić information content (AvgIpc) is 2.81. The van der Waals surface area contributed by atoms with E-state index in [1.165, 1.54) is 0 Å². The van der Waals surface area contributed by atoms with Crippen molar-refractivity contribution in [3.8, 4) is 0 Å². The molecule has 1 aliphatic heterocycles. The summed E-state index contributed by atoms with van der Waals surface area (Å²) < 4.78 is 2.49. The third-order valence-electron chi connectivity index (χ3n) is 3.05. The molecule has 20 heavy (non-hydrogen) atoms. The predicted molar refractivity (Wildman–Crippen MR) is 79.0 cm³/mol. The molecule has 1 aromatic carbocycles. The van der Waals surface area contributed by atoms with Gasteiger partial charge in [0.05, 0.1) is 17.3 Å². The maximum atomic E-state index is 12.1. The molecular formula is C12H11BrClN5O. The van der Waals surface area contributed by atoms with Gasteiger partial charge in [-0.25, -0.2) is 4.68 Å². The molecule has 0 bridgehead atoms. The van der Waals surface area contributed by atoms with Crippen molar-refractivity contribution in [2.24, 2.45) is 0 Å². The Kier molecular flexibility index (Phi) is 3.73. The number of nitrogens with zero attached hydrogens (tertiary/aromatic N) is 3. The van der Waals surface area contributed by atoms with Gasteiger partial charge in [-0.2, -0.15) is 0 Å². The van der Waals surface area contributed by atoms with Gasteiger partial charge in [0.15, 0.2) is 5.69 Å². The van der Waals surface area contributed by atoms with E-state index in [-0.39, 0.29) is 17.6 Å². The molecule has 0 spiro atoms. The van der Waals surface area contributed by atoms with Crippen LogP contribution in [0.5, 0.6) is 0 Å². The third-order valence-corrected chi connectivity index (χ3v) is 4.29. The highest BCUT2D eigenvalue weighted by Gasteiger charge is 2.21. The highest BCUT2D eigenvalue weighted by molar-refractivity contribution is 9.10. The van der Waals surface area contributed by atoms with Crippen molar-refractivity contribution in [3.05, 3.63) is 39.6 Å². The van der Waals surface area contributed by atoms with E-state index in [0.29, 0.717) is 10.7 Å². The molecular weight excluding hydrogens is 346 g/mol. The molecule has 3 rings (SSSR count). The van der Waals surface area contributed by atoms with Gasteiger partial charge in [-0.05, 0) is 34.1 Å². The molecule has 1 aliphatic rings. The van der Waals surface area contributed by atoms with E-state index in [1.807, 2.05) is 0 Å². The first kappa shape index (κ1) is 13.5. The molecule has 6 nitrogen and oxygen atoms in total. The Labute approximate surface area is 128 Å². The Morgan fingerprint density at radius 3 is 2.95 bits per heavy atom. The minimum Gasteiger partial charge on any atom is -0.320 e. The molecule has 2 aromatic rings. The first-order valence-electron chi connectivity index (χ1n) is 6.02. The summed E-state index contributed by atoms with van der Waals surface area (Å²) in [7, 11) is 0. The number of aromatic nitrogens is 3. The first-order valence-corrected chi connectivity index (χ1v) is 7.19. The number of carbonyl (C=O) groups is 1. The molecule has 0 saturated carbocycles. The van der Waals surface area contributed by atoms with Gasteiger partial charge in [0.2, 0.25) is 0 Å². The first-order chi connectivity index (χ1) is 9.63. The van der Waals surface area contributed by atoms with E-state index in [4.69, 9.17) is 11.6 Å². The fourth-order valence-corrected chi connectivity index (χ4v) is 2.22. The van der Waals surface area contributed by atoms with Crippen LogP contribution in [0.2, 0.25) is 5.02 Å². The largest absolute Gasteiger partial charge is 0.320 e. The topological polar surface area (TPSA) is 71.8 Å². The standard InChI is InChI=1S/C12H11BrClN5O/c13-9-2-1-7(3-10(9)14)16-12(20)11-6-19(18-17-11)8-4-15-5-8/h1-3,6,8,15H,4-5H2,(H,16,20). The number of nitrogens with one attached hydrogen (secondary N) is 2. The van der Waals surface area contributed by atoms with E-state index in [2.05, 4.69) is 36.9 Å². The molecule has 1 saturated heterocycles. The van der Waals surface area contributed by atoms with Gasteiger partial charge in [0.1, 0.15) is 0 Å². The molecule has 0 atom stereocenters. The number of carbonyl (C=O) groups excluding carboxylic acids is 1. The van der Waals surface area contributed by atoms with Crippen molar-refractivity contribution in [2.45, 2.75) is 6.04 Å². The van der Waals surface area contributed by atoms with Gasteiger partial charge in [-0.3, -0.25) is 4.79 Å². The summed E-state index contributed by atoms with van der Waals surface area (Å²) >= 11 is 9.28. The van der Waals surface area contributed by atoms with Gasteiger partial charge >= 0.3 is 0 Å². The minimum atomic E-state index is -0.304. The zero-order valence-corrected chi connectivity index (χ0v) is 12.6. The van der Waals surface area contributed by atoms with Gasteiger partial charge in [-0.1, -0.05) is 16.8 Å². The summed E-state index contributed by atoms with van der Waals surface area (Å²) in [5.74, 6) is -0.304. The number of hydrogen-bond acceptors (Lipinski definition) is 4. The van der Waals surface area contributed by atoms with Crippen LogP contribution in [0, 0.1) is 0 Å². The van der Waals surface area contributed by atoms with Crippen molar-refractivity contribution in [1.82, 2.24) is 20.3 Å². The van der Waals surface area contributed by atoms with Crippen LogP contribution in [-0.4, -0.2) is 34.0 Å². The lowest BCUT2D eigenvalue weighted by Gasteiger charge is -2.26. The monoisotopic (exact) mass is 355 g/mol. The normalized spacial score (nSPS) is 14.9. The average molecular weight is 357 g/mol. The maximum absolute atomic E-state index is 12.1. The van der Waals surface area contributed by atoms with Crippen LogP contribution in [0.15, 0.2) is 28.9 Å². The Morgan fingerprint density at radius 1 is 1.50 bits per heavy atom. The molecule has 104 valence electrons. The van der Waals surface area contributed by atoms with E-state index < -0.39 is 0 Å². The molecule has 8 heteroatoms. The zero-order valence-electron chi connectivity index (χ0n) is 10.3. The summed E-state index contributed by atoms with van der Waals surface area (Å²) in [6.45, 7) is 1.71. The molecule has 0 aliphatic carbocycles. The molecule has 2 heterocycles. The van der Waals surface area contributed by atoms with Crippen molar-refractivity contribution in [1.29, 1.82) is 0 Å². The molecule has 1 fully saturated rings. The maximum Gasteiger partial charge on any atom is 0.277 e. The third kappa shape index (κ3) is 2.70. The number of benzene rings is 1. The predicted octanol–water partition coefficient (Wildman–Crippen LogP) is 2.09. The van der Waals surface area contributed by atoms with Crippen LogP contribution in [0.1, 0.15) is 16.5 Å². The highest BCUT2D eigenvalue weighted by Crippen LogP contribution is 2.25. The van der Waals surface area contributed by atoms with Gasteiger partial charge in [0, 0.05) is 23.2 Å². The Bertz CT molecular complexity index is 655. The Morgan fingerprint density at radius 2 is 2.30 bits per heavy atom. The van der Waals surface area contributed by atoms with Gasteiger partial charge in [0.25, 0.3) is 5.91 Å². The van der Waals surface area contributed by atoms with E-state index in [0.717, 1.165) is 17.6 Å². The van der Waals surface area contributed by atoms with Crippen LogP contribution >= 0.6 is 27.5 Å². The fourth-order valence-electron chi connectivity index (χ4n) is 1.79. The summed E-state index contributed by atoms with van der Waals surface area (Å²) in [4.78, 5) is 12.1. The molecule has 0 radical (unpaired) electrons. The quantitative estimate of drug-likeness (QED) is 0.883. The summed E-state index contributed by atoms with van der Waals surface area (Å²) in [5.41, 5.74) is 0.902. The second-order valence-corrected chi connectivity index (χ2v) is 5.74. The van der Waals surface area contributed by atoms with Crippen molar-refractivity contribution in [3.63, 3.8) is 0 Å². The summed E-state index contributed by atoms with van der Waals surface area (Å²) in [5, 5.41) is 14.3. The van der Waals surface area contributed by atoms with E-state index in [9.17, 15) is 4.79 Å². The Balaban J connectivity index is 1.71. The van der Waals surface area contributed by atoms with E-state index >= 15 is 0 Å². The summed E-state index contributed by atoms with van der Waals surface area (Å²) in [6, 6.07) is 5.48. The van der Waals surface area contributed by atoms with Crippen LogP contribution in [0.3, 0.4) is 0 Å². The number of rotatable bonds is 3. The summed E-state index contributed by atoms with van der Waals surface area (Å²) in [6.07, 6.45) is 1.65. The minimum absolute atomic E-state index is 0.283. The van der Waals surface area contributed by atoms with Gasteiger partial charge < -0.3 is 10.6 Å². The second kappa shape index (κ2) is 5.51. The number of hydrogen-bond donors (Lipinski definition) is 2.